The fourth-order valence-corrected chi connectivity index (χ4v) is 9.58. The van der Waals surface area contributed by atoms with Crippen LogP contribution in [0.1, 0.15) is 61.3 Å². The molecule has 0 aliphatic rings. The number of unbranched alkanes of at least 4 members (excludes halogenated alkanes) is 1. The third-order valence-corrected chi connectivity index (χ3v) is 10.7. The zero-order valence-electron chi connectivity index (χ0n) is 23.0. The molecule has 0 bridgehead atoms. The van der Waals surface area contributed by atoms with Crippen molar-refractivity contribution in [2.45, 2.75) is 87.2 Å². The molecule has 7 heteroatoms. The van der Waals surface area contributed by atoms with Crippen LogP contribution in [0.5, 0.6) is 11.5 Å². The lowest BCUT2D eigenvalue weighted by atomic mass is 10.2. The molecular formula is C30H41O5S2+. The molecule has 0 radical (unpaired) electrons. The van der Waals surface area contributed by atoms with Crippen LogP contribution in [0.4, 0.5) is 0 Å². The molecule has 3 rings (SSSR count). The van der Waals surface area contributed by atoms with Crippen molar-refractivity contribution < 1.29 is 21.5 Å². The van der Waals surface area contributed by atoms with Gasteiger partial charge in [-0.3, -0.25) is 3.63 Å². The Morgan fingerprint density at radius 2 is 1.05 bits per heavy atom. The molecule has 0 spiro atoms. The highest BCUT2D eigenvalue weighted by Gasteiger charge is 2.42. The van der Waals surface area contributed by atoms with Gasteiger partial charge in [-0.05, 0) is 109 Å². The Balaban J connectivity index is 2.23. The quantitative estimate of drug-likeness (QED) is 0.189. The van der Waals surface area contributed by atoms with E-state index in [1.54, 1.807) is 0 Å². The van der Waals surface area contributed by atoms with Crippen LogP contribution in [0.25, 0.3) is 0 Å². The SMILES string of the molecule is CCCCS(=O)(=O)[OH+]S(c1ccccc1)(c1ccc(OC(C)(C)C)cc1)c1ccc(OC(C)(C)C)cc1. The van der Waals surface area contributed by atoms with Gasteiger partial charge < -0.3 is 9.47 Å². The van der Waals surface area contributed by atoms with Gasteiger partial charge in [0.25, 0.3) is 0 Å². The summed E-state index contributed by atoms with van der Waals surface area (Å²) < 4.78 is 43.7. The number of benzene rings is 3. The first-order valence-electron chi connectivity index (χ1n) is 12.7. The van der Waals surface area contributed by atoms with Crippen LogP contribution >= 0.6 is 10.3 Å². The summed E-state index contributed by atoms with van der Waals surface area (Å²) in [5, 5.41) is 0. The Morgan fingerprint density at radius 3 is 1.43 bits per heavy atom. The van der Waals surface area contributed by atoms with Crippen molar-refractivity contribution in [2.75, 3.05) is 5.75 Å². The molecule has 0 aliphatic heterocycles. The third kappa shape index (κ3) is 8.00. The van der Waals surface area contributed by atoms with Crippen molar-refractivity contribution >= 4 is 20.4 Å². The molecule has 0 saturated carbocycles. The fourth-order valence-electron chi connectivity index (χ4n) is 3.81. The van der Waals surface area contributed by atoms with Crippen molar-refractivity contribution in [1.29, 1.82) is 0 Å². The van der Waals surface area contributed by atoms with Gasteiger partial charge in [-0.25, -0.2) is 0 Å². The lowest BCUT2D eigenvalue weighted by Gasteiger charge is -2.35. The van der Waals surface area contributed by atoms with E-state index in [0.717, 1.165) is 32.6 Å². The number of ether oxygens (including phenoxy) is 2. The minimum Gasteiger partial charge on any atom is -0.488 e. The van der Waals surface area contributed by atoms with Crippen molar-refractivity contribution in [3.8, 4) is 11.5 Å². The fraction of sp³-hybridized carbons (Fsp3) is 0.400. The van der Waals surface area contributed by atoms with Gasteiger partial charge in [0.2, 0.25) is 0 Å². The molecule has 0 heterocycles. The Kier molecular flexibility index (Phi) is 9.04. The summed E-state index contributed by atoms with van der Waals surface area (Å²) >= 11 is 0. The Labute approximate surface area is 224 Å². The molecule has 3 aromatic carbocycles. The summed E-state index contributed by atoms with van der Waals surface area (Å²) in [4.78, 5) is 2.50. The van der Waals surface area contributed by atoms with Gasteiger partial charge in [0.1, 0.15) is 28.5 Å². The van der Waals surface area contributed by atoms with Gasteiger partial charge in [-0.1, -0.05) is 31.5 Å². The maximum atomic E-state index is 13.4. The number of hydrogen-bond acceptors (Lipinski definition) is 4. The van der Waals surface area contributed by atoms with E-state index < -0.39 is 20.4 Å². The van der Waals surface area contributed by atoms with Crippen LogP contribution < -0.4 is 9.47 Å². The predicted molar refractivity (Wildman–Crippen MR) is 154 cm³/mol. The van der Waals surface area contributed by atoms with E-state index in [1.165, 1.54) is 0 Å². The van der Waals surface area contributed by atoms with Gasteiger partial charge in [0.05, 0.1) is 25.0 Å². The minimum absolute atomic E-state index is 0.0154. The highest BCUT2D eigenvalue weighted by molar-refractivity contribution is 8.32. The van der Waals surface area contributed by atoms with E-state index in [4.69, 9.17) is 13.1 Å². The van der Waals surface area contributed by atoms with Gasteiger partial charge >= 0.3 is 10.1 Å². The van der Waals surface area contributed by atoms with Gasteiger partial charge in [0, 0.05) is 0 Å². The van der Waals surface area contributed by atoms with E-state index in [0.29, 0.717) is 6.42 Å². The molecule has 37 heavy (non-hydrogen) atoms. The topological polar surface area (TPSA) is 65.4 Å². The Bertz CT molecular complexity index is 1180. The summed E-state index contributed by atoms with van der Waals surface area (Å²) in [6.45, 7) is 14.0. The summed E-state index contributed by atoms with van der Waals surface area (Å²) in [5.74, 6) is 1.46. The summed E-state index contributed by atoms with van der Waals surface area (Å²) in [6, 6.07) is 25.1. The third-order valence-electron chi connectivity index (χ3n) is 5.24. The molecule has 5 nitrogen and oxygen atoms in total. The van der Waals surface area contributed by atoms with Crippen molar-refractivity contribution in [3.63, 3.8) is 0 Å². The van der Waals surface area contributed by atoms with Crippen molar-refractivity contribution in [1.82, 2.24) is 0 Å². The summed E-state index contributed by atoms with van der Waals surface area (Å²) in [6.07, 6.45) is 1.34. The standard InChI is InChI=1S/C30H40O5S2/c1-8-9-23-36(31,32)35-37(26-13-11-10-12-14-26,27-19-15-24(16-20-27)33-29(2,3)4)28-21-17-25(18-22-28)34-30(5,6)7/h10-22H,8-9,23H2,1-7H3/p+1. The molecule has 0 saturated heterocycles. The minimum atomic E-state index is -3.72. The largest absolute Gasteiger partial charge is 0.488 e. The zero-order valence-corrected chi connectivity index (χ0v) is 24.7. The molecule has 0 unspecified atom stereocenters. The molecule has 0 aliphatic carbocycles. The van der Waals surface area contributed by atoms with Gasteiger partial charge in [-0.2, -0.15) is 8.42 Å². The summed E-state index contributed by atoms with van der Waals surface area (Å²) in [7, 11) is -6.24. The van der Waals surface area contributed by atoms with E-state index in [1.807, 2.05) is 127 Å². The predicted octanol–water partition coefficient (Wildman–Crippen LogP) is 8.46. The Hall–Kier alpha value is -2.48. The molecular weight excluding hydrogens is 504 g/mol. The first kappa shape index (κ1) is 29.1. The van der Waals surface area contributed by atoms with Crippen LogP contribution in [0.15, 0.2) is 93.5 Å². The van der Waals surface area contributed by atoms with Gasteiger partial charge in [-0.15, -0.1) is 0 Å². The van der Waals surface area contributed by atoms with Crippen molar-refractivity contribution in [3.05, 3.63) is 78.9 Å². The first-order chi connectivity index (χ1) is 17.2. The van der Waals surface area contributed by atoms with Crippen molar-refractivity contribution in [2.24, 2.45) is 0 Å². The summed E-state index contributed by atoms with van der Waals surface area (Å²) in [5.41, 5.74) is -0.691. The second-order valence-corrected chi connectivity index (χ2v) is 15.7. The van der Waals surface area contributed by atoms with Gasteiger partial charge in [0.15, 0.2) is 0 Å². The van der Waals surface area contributed by atoms with Crippen LogP contribution in [-0.4, -0.2) is 29.0 Å². The Morgan fingerprint density at radius 1 is 0.649 bits per heavy atom. The molecule has 0 atom stereocenters. The number of hydrogen-bond donors (Lipinski definition) is 0. The van der Waals surface area contributed by atoms with E-state index in [9.17, 15) is 8.42 Å². The molecule has 3 aromatic rings. The lowest BCUT2D eigenvalue weighted by Crippen LogP contribution is -2.23. The second-order valence-electron chi connectivity index (χ2n) is 11.0. The highest BCUT2D eigenvalue weighted by Crippen LogP contribution is 2.68. The zero-order chi connectivity index (χ0) is 27.3. The molecule has 0 amide bonds. The molecule has 0 aromatic heterocycles. The average molecular weight is 546 g/mol. The van der Waals surface area contributed by atoms with E-state index >= 15 is 0 Å². The molecule has 202 valence electrons. The van der Waals surface area contributed by atoms with Crippen LogP contribution in [-0.2, 0) is 10.1 Å². The monoisotopic (exact) mass is 545 g/mol. The highest BCUT2D eigenvalue weighted by atomic mass is 32.3. The molecule has 1 N–H and O–H groups in total. The molecule has 0 fully saturated rings. The first-order valence-corrected chi connectivity index (χ1v) is 15.9. The maximum Gasteiger partial charge on any atom is 0.390 e. The van der Waals surface area contributed by atoms with E-state index in [-0.39, 0.29) is 17.0 Å². The average Bonchev–Trinajstić information content (AvgIpc) is 2.81. The van der Waals surface area contributed by atoms with Crippen LogP contribution in [0, 0.1) is 0 Å². The lowest BCUT2D eigenvalue weighted by molar-refractivity contribution is 0.130. The normalized spacial score (nSPS) is 13.3. The van der Waals surface area contributed by atoms with E-state index in [2.05, 4.69) is 0 Å². The smallest absolute Gasteiger partial charge is 0.390 e. The second kappa shape index (κ2) is 11.5. The number of rotatable bonds is 10. The van der Waals surface area contributed by atoms with Crippen LogP contribution in [0.3, 0.4) is 0 Å². The maximum absolute atomic E-state index is 13.4. The van der Waals surface area contributed by atoms with Crippen LogP contribution in [0.2, 0.25) is 0 Å².